The number of thioether (sulfide) groups is 1. The van der Waals surface area contributed by atoms with E-state index in [4.69, 9.17) is 12.2 Å². The maximum Gasteiger partial charge on any atom is 0.271 e. The predicted molar refractivity (Wildman–Crippen MR) is 81.7 cm³/mol. The van der Waals surface area contributed by atoms with Gasteiger partial charge in [0, 0.05) is 23.7 Å². The molecular formula is C11H7BrN2O3S2. The van der Waals surface area contributed by atoms with Crippen molar-refractivity contribution >= 4 is 61.9 Å². The molecule has 1 aliphatic rings. The molecule has 98 valence electrons. The lowest BCUT2D eigenvalue weighted by Gasteiger charge is -2.03. The third kappa shape index (κ3) is 3.02. The molecule has 0 spiro atoms. The van der Waals surface area contributed by atoms with Crippen LogP contribution in [-0.4, -0.2) is 27.1 Å². The van der Waals surface area contributed by atoms with Crippen molar-refractivity contribution in [3.05, 3.63) is 43.3 Å². The smallest absolute Gasteiger partial charge is 0.271 e. The number of carbonyl (C=O) groups excluding carboxylic acids is 1. The summed E-state index contributed by atoms with van der Waals surface area (Å²) < 4.78 is 1.06. The Bertz CT molecular complexity index is 630. The molecule has 8 heteroatoms. The highest BCUT2D eigenvalue weighted by molar-refractivity contribution is 9.10. The number of likely N-dealkylation sites (N-methyl/N-ethyl adjacent to an activating group) is 1. The van der Waals surface area contributed by atoms with E-state index in [-0.39, 0.29) is 11.6 Å². The van der Waals surface area contributed by atoms with E-state index in [1.165, 1.54) is 28.8 Å². The van der Waals surface area contributed by atoms with E-state index in [0.29, 0.717) is 19.3 Å². The van der Waals surface area contributed by atoms with Gasteiger partial charge in [0.2, 0.25) is 0 Å². The highest BCUT2D eigenvalue weighted by atomic mass is 79.9. The largest absolute Gasteiger partial charge is 0.296 e. The zero-order chi connectivity index (χ0) is 14.2. The van der Waals surface area contributed by atoms with Crippen molar-refractivity contribution < 1.29 is 9.72 Å². The number of nitrogens with zero attached hydrogens (tertiary/aromatic N) is 2. The molecule has 1 aromatic rings. The molecule has 2 rings (SSSR count). The molecule has 0 radical (unpaired) electrons. The van der Waals surface area contributed by atoms with Gasteiger partial charge in [-0.15, -0.1) is 0 Å². The summed E-state index contributed by atoms with van der Waals surface area (Å²) >= 11 is 9.40. The fourth-order valence-electron chi connectivity index (χ4n) is 1.48. The predicted octanol–water partition coefficient (Wildman–Crippen LogP) is 3.19. The van der Waals surface area contributed by atoms with Crippen LogP contribution in [0.5, 0.6) is 0 Å². The summed E-state index contributed by atoms with van der Waals surface area (Å²) in [7, 11) is 1.60. The van der Waals surface area contributed by atoms with Gasteiger partial charge in [-0.3, -0.25) is 19.8 Å². The number of benzene rings is 1. The zero-order valence-electron chi connectivity index (χ0n) is 9.62. The van der Waals surface area contributed by atoms with Crippen molar-refractivity contribution in [3.8, 4) is 0 Å². The summed E-state index contributed by atoms with van der Waals surface area (Å²) in [5, 5.41) is 10.8. The van der Waals surface area contributed by atoms with Gasteiger partial charge in [-0.2, -0.15) is 0 Å². The Kier molecular flexibility index (Phi) is 4.02. The van der Waals surface area contributed by atoms with Crippen LogP contribution < -0.4 is 0 Å². The maximum atomic E-state index is 11.8. The molecule has 0 unspecified atom stereocenters. The number of non-ortho nitro benzene ring substituents is 1. The second-order valence-electron chi connectivity index (χ2n) is 3.74. The van der Waals surface area contributed by atoms with Gasteiger partial charge in [-0.05, 0) is 17.7 Å². The van der Waals surface area contributed by atoms with Crippen molar-refractivity contribution in [1.29, 1.82) is 0 Å². The first-order valence-electron chi connectivity index (χ1n) is 5.05. The molecule has 5 nitrogen and oxygen atoms in total. The van der Waals surface area contributed by atoms with Crippen LogP contribution in [0, 0.1) is 10.1 Å². The van der Waals surface area contributed by atoms with E-state index in [2.05, 4.69) is 15.9 Å². The third-order valence-electron chi connectivity index (χ3n) is 2.40. The molecule has 0 atom stereocenters. The lowest BCUT2D eigenvalue weighted by atomic mass is 10.2. The van der Waals surface area contributed by atoms with Gasteiger partial charge in [-0.25, -0.2) is 0 Å². The first-order valence-corrected chi connectivity index (χ1v) is 7.07. The highest BCUT2D eigenvalue weighted by Gasteiger charge is 2.28. The SMILES string of the molecule is CN1C(=O)C(=Cc2cc(Br)cc([N+](=O)[O-])c2)SC1=S. The van der Waals surface area contributed by atoms with Crippen molar-refractivity contribution in [1.82, 2.24) is 4.90 Å². The molecular weight excluding hydrogens is 352 g/mol. The Morgan fingerprint density at radius 2 is 2.16 bits per heavy atom. The van der Waals surface area contributed by atoms with E-state index < -0.39 is 4.92 Å². The standard InChI is InChI=1S/C11H7BrN2O3S2/c1-13-10(15)9(19-11(13)18)4-6-2-7(12)5-8(3-6)14(16)17/h2-5H,1H3. The maximum absolute atomic E-state index is 11.8. The van der Waals surface area contributed by atoms with Crippen molar-refractivity contribution in [2.24, 2.45) is 0 Å². The van der Waals surface area contributed by atoms with Crippen LogP contribution >= 0.6 is 39.9 Å². The van der Waals surface area contributed by atoms with Gasteiger partial charge in [0.1, 0.15) is 4.32 Å². The first kappa shape index (κ1) is 14.2. The number of thiocarbonyl (C=S) groups is 1. The second-order valence-corrected chi connectivity index (χ2v) is 6.33. The van der Waals surface area contributed by atoms with Crippen LogP contribution in [0.15, 0.2) is 27.6 Å². The fourth-order valence-corrected chi connectivity index (χ4v) is 3.16. The first-order chi connectivity index (χ1) is 8.88. The number of rotatable bonds is 2. The van der Waals surface area contributed by atoms with Crippen LogP contribution in [-0.2, 0) is 4.79 Å². The summed E-state index contributed by atoms with van der Waals surface area (Å²) in [6, 6.07) is 4.52. The number of amides is 1. The highest BCUT2D eigenvalue weighted by Crippen LogP contribution is 2.32. The molecule has 1 aliphatic heterocycles. The van der Waals surface area contributed by atoms with Crippen LogP contribution in [0.3, 0.4) is 0 Å². The average Bonchev–Trinajstić information content (AvgIpc) is 2.56. The molecule has 1 heterocycles. The Hall–Kier alpha value is -1.25. The number of hydrogen-bond donors (Lipinski definition) is 0. The summed E-state index contributed by atoms with van der Waals surface area (Å²) in [6.07, 6.45) is 1.60. The van der Waals surface area contributed by atoms with E-state index in [1.54, 1.807) is 19.2 Å². The topological polar surface area (TPSA) is 63.5 Å². The Balaban J connectivity index is 2.41. The Labute approximate surface area is 126 Å². The van der Waals surface area contributed by atoms with Crippen LogP contribution in [0.1, 0.15) is 5.56 Å². The van der Waals surface area contributed by atoms with Gasteiger partial charge in [-0.1, -0.05) is 39.9 Å². The van der Waals surface area contributed by atoms with Crippen LogP contribution in [0.4, 0.5) is 5.69 Å². The quantitative estimate of drug-likeness (QED) is 0.351. The molecule has 0 aliphatic carbocycles. The van der Waals surface area contributed by atoms with Crippen molar-refractivity contribution in [2.45, 2.75) is 0 Å². The molecule has 1 aromatic carbocycles. The number of nitro benzene ring substituents is 1. The van der Waals surface area contributed by atoms with E-state index in [0.717, 1.165) is 0 Å². The average molecular weight is 359 g/mol. The summed E-state index contributed by atoms with van der Waals surface area (Å²) in [4.78, 5) is 24.0. The monoisotopic (exact) mass is 358 g/mol. The van der Waals surface area contributed by atoms with Gasteiger partial charge in [0.05, 0.1) is 9.83 Å². The molecule has 0 saturated carbocycles. The van der Waals surface area contributed by atoms with E-state index >= 15 is 0 Å². The molecule has 1 saturated heterocycles. The number of carbonyl (C=O) groups is 1. The molecule has 0 aromatic heterocycles. The Morgan fingerprint density at radius 3 is 2.68 bits per heavy atom. The van der Waals surface area contributed by atoms with E-state index in [9.17, 15) is 14.9 Å². The van der Waals surface area contributed by atoms with Crippen LogP contribution in [0.25, 0.3) is 6.08 Å². The third-order valence-corrected chi connectivity index (χ3v) is 4.34. The minimum absolute atomic E-state index is 0.0346. The lowest BCUT2D eigenvalue weighted by molar-refractivity contribution is -0.384. The zero-order valence-corrected chi connectivity index (χ0v) is 12.8. The number of nitro groups is 1. The molecule has 1 amide bonds. The molecule has 19 heavy (non-hydrogen) atoms. The van der Waals surface area contributed by atoms with Crippen LogP contribution in [0.2, 0.25) is 0 Å². The minimum Gasteiger partial charge on any atom is -0.296 e. The number of hydrogen-bond acceptors (Lipinski definition) is 5. The van der Waals surface area contributed by atoms with Crippen molar-refractivity contribution in [2.75, 3.05) is 7.05 Å². The van der Waals surface area contributed by atoms with Gasteiger partial charge in [0.15, 0.2) is 0 Å². The van der Waals surface area contributed by atoms with Crippen molar-refractivity contribution in [3.63, 3.8) is 0 Å². The molecule has 0 N–H and O–H groups in total. The summed E-state index contributed by atoms with van der Waals surface area (Å²) in [6.45, 7) is 0. The summed E-state index contributed by atoms with van der Waals surface area (Å²) in [5.74, 6) is -0.197. The normalized spacial score (nSPS) is 17.4. The minimum atomic E-state index is -0.479. The van der Waals surface area contributed by atoms with Gasteiger partial charge < -0.3 is 0 Å². The second kappa shape index (κ2) is 5.40. The molecule has 1 fully saturated rings. The van der Waals surface area contributed by atoms with Gasteiger partial charge >= 0.3 is 0 Å². The fraction of sp³-hybridized carbons (Fsp3) is 0.0909. The van der Waals surface area contributed by atoms with E-state index in [1.807, 2.05) is 0 Å². The van der Waals surface area contributed by atoms with Gasteiger partial charge in [0.25, 0.3) is 11.6 Å². The molecule has 0 bridgehead atoms. The Morgan fingerprint density at radius 1 is 1.47 bits per heavy atom. The lowest BCUT2D eigenvalue weighted by Crippen LogP contribution is -2.22. The summed E-state index contributed by atoms with van der Waals surface area (Å²) in [5.41, 5.74) is 0.544. The number of halogens is 1.